The van der Waals surface area contributed by atoms with Gasteiger partial charge in [-0.05, 0) is 37.3 Å². The largest absolute Gasteiger partial charge is 0.340 e. The van der Waals surface area contributed by atoms with Crippen molar-refractivity contribution in [3.63, 3.8) is 0 Å². The summed E-state index contributed by atoms with van der Waals surface area (Å²) in [5, 5.41) is 5.06. The maximum absolute atomic E-state index is 5.86. The summed E-state index contributed by atoms with van der Waals surface area (Å²) in [7, 11) is 0. The number of nitrogens with one attached hydrogen (secondary N) is 1. The molecular weight excluding hydrogens is 266 g/mol. The van der Waals surface area contributed by atoms with E-state index in [-0.39, 0.29) is 0 Å². The first-order chi connectivity index (χ1) is 8.72. The Labute approximate surface area is 113 Å². The van der Waals surface area contributed by atoms with Gasteiger partial charge in [-0.15, -0.1) is 11.3 Å². The molecule has 0 radical (unpaired) electrons. The molecule has 0 fully saturated rings. The van der Waals surface area contributed by atoms with E-state index in [1.807, 2.05) is 24.3 Å². The molecule has 1 aromatic carbocycles. The molecule has 0 saturated heterocycles. The lowest BCUT2D eigenvalue weighted by Crippen LogP contribution is -1.94. The van der Waals surface area contributed by atoms with E-state index < -0.39 is 0 Å². The molecule has 0 aliphatic carbocycles. The van der Waals surface area contributed by atoms with Gasteiger partial charge in [-0.2, -0.15) is 0 Å². The third-order valence-electron chi connectivity index (χ3n) is 2.56. The van der Waals surface area contributed by atoms with Crippen LogP contribution >= 0.6 is 22.9 Å². The summed E-state index contributed by atoms with van der Waals surface area (Å²) in [5.74, 6) is 0.826. The summed E-state index contributed by atoms with van der Waals surface area (Å²) in [6.45, 7) is 2.07. The standard InChI is InChI=1S/C13H10ClN3S/c1-8-6-11-12(15-7-16-13(11)18-8)17-10-4-2-9(14)3-5-10/h2-7H,1H3,(H,15,16,17). The van der Waals surface area contributed by atoms with Crippen LogP contribution in [0.2, 0.25) is 5.02 Å². The van der Waals surface area contributed by atoms with Crippen LogP contribution in [0.1, 0.15) is 4.88 Å². The summed E-state index contributed by atoms with van der Waals surface area (Å²) >= 11 is 7.53. The second kappa shape index (κ2) is 4.55. The smallest absolute Gasteiger partial charge is 0.142 e. The number of halogens is 1. The Hall–Kier alpha value is -1.65. The summed E-state index contributed by atoms with van der Waals surface area (Å²) in [6, 6.07) is 9.64. The van der Waals surface area contributed by atoms with Crippen molar-refractivity contribution in [1.82, 2.24) is 9.97 Å². The molecule has 0 unspecified atom stereocenters. The summed E-state index contributed by atoms with van der Waals surface area (Å²) in [6.07, 6.45) is 1.58. The lowest BCUT2D eigenvalue weighted by molar-refractivity contribution is 1.23. The fourth-order valence-corrected chi connectivity index (χ4v) is 2.72. The Morgan fingerprint density at radius 1 is 1.17 bits per heavy atom. The quantitative estimate of drug-likeness (QED) is 0.753. The monoisotopic (exact) mass is 275 g/mol. The summed E-state index contributed by atoms with van der Waals surface area (Å²) < 4.78 is 0. The molecule has 0 spiro atoms. The van der Waals surface area contributed by atoms with Gasteiger partial charge in [-0.1, -0.05) is 11.6 Å². The SMILES string of the molecule is Cc1cc2c(Nc3ccc(Cl)cc3)ncnc2s1. The van der Waals surface area contributed by atoms with Gasteiger partial charge in [-0.25, -0.2) is 9.97 Å². The Bertz CT molecular complexity index is 691. The third kappa shape index (κ3) is 2.17. The highest BCUT2D eigenvalue weighted by Gasteiger charge is 2.06. The van der Waals surface area contributed by atoms with Gasteiger partial charge in [0.25, 0.3) is 0 Å². The van der Waals surface area contributed by atoms with Gasteiger partial charge in [0.2, 0.25) is 0 Å². The van der Waals surface area contributed by atoms with Gasteiger partial charge in [0, 0.05) is 15.6 Å². The van der Waals surface area contributed by atoms with Crippen molar-refractivity contribution < 1.29 is 0 Å². The zero-order chi connectivity index (χ0) is 12.5. The fourth-order valence-electron chi connectivity index (χ4n) is 1.75. The Morgan fingerprint density at radius 2 is 1.94 bits per heavy atom. The predicted molar refractivity (Wildman–Crippen MR) is 76.9 cm³/mol. The number of aryl methyl sites for hydroxylation is 1. The average Bonchev–Trinajstić information content (AvgIpc) is 2.73. The molecule has 1 N–H and O–H groups in total. The Balaban J connectivity index is 2.01. The second-order valence-corrected chi connectivity index (χ2v) is 5.60. The Morgan fingerprint density at radius 3 is 2.72 bits per heavy atom. The van der Waals surface area contributed by atoms with Crippen molar-refractivity contribution in [2.75, 3.05) is 5.32 Å². The third-order valence-corrected chi connectivity index (χ3v) is 3.77. The molecule has 3 rings (SSSR count). The zero-order valence-corrected chi connectivity index (χ0v) is 11.2. The van der Waals surface area contributed by atoms with Crippen LogP contribution in [0.25, 0.3) is 10.2 Å². The molecule has 0 aliphatic heterocycles. The molecule has 5 heteroatoms. The van der Waals surface area contributed by atoms with Gasteiger partial charge in [-0.3, -0.25) is 0 Å². The van der Waals surface area contributed by atoms with Crippen LogP contribution in [-0.4, -0.2) is 9.97 Å². The Kier molecular flexibility index (Phi) is 2.89. The van der Waals surface area contributed by atoms with E-state index >= 15 is 0 Å². The average molecular weight is 276 g/mol. The van der Waals surface area contributed by atoms with Crippen LogP contribution in [0.5, 0.6) is 0 Å². The first-order valence-corrected chi connectivity index (χ1v) is 6.65. The van der Waals surface area contributed by atoms with Crippen LogP contribution in [0.15, 0.2) is 36.7 Å². The molecule has 2 aromatic heterocycles. The molecule has 3 aromatic rings. The lowest BCUT2D eigenvalue weighted by atomic mass is 10.3. The fraction of sp³-hybridized carbons (Fsp3) is 0.0769. The molecule has 0 bridgehead atoms. The number of anilines is 2. The van der Waals surface area contributed by atoms with Crippen molar-refractivity contribution >= 4 is 44.7 Å². The molecule has 0 atom stereocenters. The number of hydrogen-bond acceptors (Lipinski definition) is 4. The van der Waals surface area contributed by atoms with Crippen LogP contribution in [0, 0.1) is 6.92 Å². The molecule has 0 amide bonds. The van der Waals surface area contributed by atoms with Gasteiger partial charge in [0.1, 0.15) is 17.0 Å². The van der Waals surface area contributed by atoms with E-state index in [0.717, 1.165) is 26.7 Å². The van der Waals surface area contributed by atoms with Crippen LogP contribution in [0.4, 0.5) is 11.5 Å². The molecular formula is C13H10ClN3S. The van der Waals surface area contributed by atoms with Crippen LogP contribution in [0.3, 0.4) is 0 Å². The highest BCUT2D eigenvalue weighted by molar-refractivity contribution is 7.18. The number of benzene rings is 1. The minimum Gasteiger partial charge on any atom is -0.340 e. The highest BCUT2D eigenvalue weighted by atomic mass is 35.5. The minimum atomic E-state index is 0.722. The first kappa shape index (κ1) is 11.4. The number of thiophene rings is 1. The first-order valence-electron chi connectivity index (χ1n) is 5.46. The minimum absolute atomic E-state index is 0.722. The number of hydrogen-bond donors (Lipinski definition) is 1. The molecule has 3 nitrogen and oxygen atoms in total. The van der Waals surface area contributed by atoms with Gasteiger partial charge >= 0.3 is 0 Å². The van der Waals surface area contributed by atoms with Gasteiger partial charge in [0.15, 0.2) is 0 Å². The maximum atomic E-state index is 5.86. The number of rotatable bonds is 2. The van der Waals surface area contributed by atoms with Gasteiger partial charge in [0.05, 0.1) is 5.39 Å². The normalized spacial score (nSPS) is 10.8. The molecule has 18 heavy (non-hydrogen) atoms. The topological polar surface area (TPSA) is 37.8 Å². The number of aromatic nitrogens is 2. The van der Waals surface area contributed by atoms with E-state index in [2.05, 4.69) is 28.3 Å². The second-order valence-electron chi connectivity index (χ2n) is 3.93. The van der Waals surface area contributed by atoms with Crippen LogP contribution in [-0.2, 0) is 0 Å². The summed E-state index contributed by atoms with van der Waals surface area (Å²) in [4.78, 5) is 10.8. The number of nitrogens with zero attached hydrogens (tertiary/aromatic N) is 2. The van der Waals surface area contributed by atoms with Gasteiger partial charge < -0.3 is 5.32 Å². The predicted octanol–water partition coefficient (Wildman–Crippen LogP) is 4.40. The molecule has 0 saturated carbocycles. The van der Waals surface area contributed by atoms with Crippen molar-refractivity contribution in [1.29, 1.82) is 0 Å². The molecule has 0 aliphatic rings. The van der Waals surface area contributed by atoms with E-state index in [1.54, 1.807) is 17.7 Å². The van der Waals surface area contributed by atoms with Crippen molar-refractivity contribution in [3.05, 3.63) is 46.6 Å². The summed E-state index contributed by atoms with van der Waals surface area (Å²) in [5.41, 5.74) is 0.961. The zero-order valence-electron chi connectivity index (χ0n) is 9.64. The maximum Gasteiger partial charge on any atom is 0.142 e. The van der Waals surface area contributed by atoms with Crippen molar-refractivity contribution in [2.45, 2.75) is 6.92 Å². The van der Waals surface area contributed by atoms with E-state index in [0.29, 0.717) is 0 Å². The van der Waals surface area contributed by atoms with Crippen LogP contribution < -0.4 is 5.32 Å². The van der Waals surface area contributed by atoms with E-state index in [9.17, 15) is 0 Å². The number of fused-ring (bicyclic) bond motifs is 1. The highest BCUT2D eigenvalue weighted by Crippen LogP contribution is 2.29. The molecule has 90 valence electrons. The van der Waals surface area contributed by atoms with E-state index in [1.165, 1.54) is 4.88 Å². The van der Waals surface area contributed by atoms with Crippen molar-refractivity contribution in [2.24, 2.45) is 0 Å². The lowest BCUT2D eigenvalue weighted by Gasteiger charge is -2.06. The van der Waals surface area contributed by atoms with E-state index in [4.69, 9.17) is 11.6 Å². The van der Waals surface area contributed by atoms with Crippen molar-refractivity contribution in [3.8, 4) is 0 Å². The molecule has 2 heterocycles.